The Morgan fingerprint density at radius 2 is 1.91 bits per heavy atom. The van der Waals surface area contributed by atoms with Crippen molar-refractivity contribution >= 4 is 0 Å². The van der Waals surface area contributed by atoms with Gasteiger partial charge >= 0.3 is 0 Å². The first-order chi connectivity index (χ1) is 15.4. The Hall–Kier alpha value is -1.34. The summed E-state index contributed by atoms with van der Waals surface area (Å²) in [5.74, 6) is 5.92. The van der Waals surface area contributed by atoms with Gasteiger partial charge in [-0.3, -0.25) is 4.68 Å². The molecule has 4 aliphatic rings. The summed E-state index contributed by atoms with van der Waals surface area (Å²) in [6, 6.07) is 2.22. The first-order valence-corrected chi connectivity index (χ1v) is 13.3. The van der Waals surface area contributed by atoms with E-state index in [1.807, 2.05) is 18.0 Å². The maximum absolute atomic E-state index is 9.14. The fraction of sp³-hybridized carbons (Fsp3) is 0.857. The van der Waals surface area contributed by atoms with Crippen LogP contribution in [0.25, 0.3) is 0 Å². The number of methoxy groups -OCH3 is 1. The normalized spacial score (nSPS) is 44.2. The van der Waals surface area contributed by atoms with Crippen molar-refractivity contribution in [3.8, 4) is 6.07 Å². The molecule has 4 fully saturated rings. The van der Waals surface area contributed by atoms with E-state index in [9.17, 15) is 0 Å². The zero-order chi connectivity index (χ0) is 22.5. The molecule has 9 unspecified atom stereocenters. The minimum Gasteiger partial charge on any atom is -0.384 e. The molecule has 0 amide bonds. The van der Waals surface area contributed by atoms with Gasteiger partial charge in [0, 0.05) is 26.5 Å². The van der Waals surface area contributed by atoms with Crippen LogP contribution in [0.3, 0.4) is 0 Å². The molecule has 9 atom stereocenters. The molecule has 4 aliphatic carbocycles. The summed E-state index contributed by atoms with van der Waals surface area (Å²) in [5.41, 5.74) is 1.74. The molecule has 1 aromatic rings. The van der Waals surface area contributed by atoms with E-state index >= 15 is 0 Å². The molecule has 176 valence electrons. The number of nitrogens with zero attached hydrogens (tertiary/aromatic N) is 3. The lowest BCUT2D eigenvalue weighted by Gasteiger charge is -2.61. The minimum absolute atomic E-state index is 0.488. The second kappa shape index (κ2) is 8.46. The number of ether oxygens (including phenoxy) is 1. The van der Waals surface area contributed by atoms with Gasteiger partial charge < -0.3 is 4.74 Å². The average Bonchev–Trinajstić information content (AvgIpc) is 3.37. The van der Waals surface area contributed by atoms with Crippen LogP contribution in [0.2, 0.25) is 0 Å². The smallest absolute Gasteiger partial charge is 0.102 e. The monoisotopic (exact) mass is 437 g/mol. The number of fused-ring (bicyclic) bond motifs is 5. The van der Waals surface area contributed by atoms with Crippen LogP contribution in [0, 0.1) is 63.6 Å². The molecule has 4 heteroatoms. The van der Waals surface area contributed by atoms with Crippen LogP contribution >= 0.6 is 0 Å². The van der Waals surface area contributed by atoms with E-state index in [2.05, 4.69) is 31.9 Å². The van der Waals surface area contributed by atoms with Gasteiger partial charge in [0.25, 0.3) is 0 Å². The summed E-state index contributed by atoms with van der Waals surface area (Å²) >= 11 is 0. The van der Waals surface area contributed by atoms with E-state index in [0.717, 1.165) is 48.7 Å². The van der Waals surface area contributed by atoms with Crippen molar-refractivity contribution in [3.05, 3.63) is 18.0 Å². The molecule has 4 saturated carbocycles. The third-order valence-electron chi connectivity index (χ3n) is 11.2. The van der Waals surface area contributed by atoms with Crippen molar-refractivity contribution in [2.24, 2.45) is 52.3 Å². The first kappa shape index (κ1) is 22.5. The van der Waals surface area contributed by atoms with Crippen LogP contribution in [0.1, 0.15) is 84.1 Å². The van der Waals surface area contributed by atoms with Gasteiger partial charge in [0.2, 0.25) is 0 Å². The molecule has 0 spiro atoms. The SMILES string of the molecule is COCC1CCC2(C)C(CCC3C2CCC2(C)C(C(C)Cn4cc(C#N)cn4)CCC32)C1. The van der Waals surface area contributed by atoms with E-state index in [1.165, 1.54) is 57.8 Å². The predicted octanol–water partition coefficient (Wildman–Crippen LogP) is 6.31. The number of nitriles is 1. The third-order valence-corrected chi connectivity index (χ3v) is 11.2. The standard InChI is InChI=1S/C28H43N3O/c1-19(16-31-17-21(14-29)15-30-31)24-7-8-25-23-6-5-22-13-20(18-32-4)9-11-27(22,2)26(23)10-12-28(24,25)3/h15,17,19-20,22-26H,5-13,16,18H2,1-4H3. The van der Waals surface area contributed by atoms with Gasteiger partial charge in [-0.25, -0.2) is 0 Å². The van der Waals surface area contributed by atoms with Crippen molar-refractivity contribution in [1.82, 2.24) is 9.78 Å². The van der Waals surface area contributed by atoms with Crippen molar-refractivity contribution in [2.75, 3.05) is 13.7 Å². The maximum atomic E-state index is 9.14. The van der Waals surface area contributed by atoms with Gasteiger partial charge in [-0.15, -0.1) is 0 Å². The van der Waals surface area contributed by atoms with Crippen LogP contribution in [0.5, 0.6) is 0 Å². The third kappa shape index (κ3) is 3.54. The maximum Gasteiger partial charge on any atom is 0.102 e. The molecule has 1 aromatic heterocycles. The fourth-order valence-corrected chi connectivity index (χ4v) is 9.65. The Morgan fingerprint density at radius 3 is 2.66 bits per heavy atom. The van der Waals surface area contributed by atoms with E-state index < -0.39 is 0 Å². The number of rotatable bonds is 5. The number of hydrogen-bond donors (Lipinski definition) is 0. The van der Waals surface area contributed by atoms with Crippen LogP contribution in [0.4, 0.5) is 0 Å². The van der Waals surface area contributed by atoms with Gasteiger partial charge in [-0.05, 0) is 110 Å². The summed E-state index contributed by atoms with van der Waals surface area (Å²) in [4.78, 5) is 0. The van der Waals surface area contributed by atoms with Crippen molar-refractivity contribution < 1.29 is 4.74 Å². The van der Waals surface area contributed by atoms with E-state index in [0.29, 0.717) is 22.3 Å². The van der Waals surface area contributed by atoms with Gasteiger partial charge in [-0.1, -0.05) is 20.8 Å². The van der Waals surface area contributed by atoms with Gasteiger partial charge in [0.1, 0.15) is 6.07 Å². The highest BCUT2D eigenvalue weighted by Gasteiger charge is 2.60. The van der Waals surface area contributed by atoms with Crippen molar-refractivity contribution in [2.45, 2.75) is 85.1 Å². The quantitative estimate of drug-likeness (QED) is 0.542. The zero-order valence-electron chi connectivity index (χ0n) is 20.7. The molecular weight excluding hydrogens is 394 g/mol. The van der Waals surface area contributed by atoms with Crippen LogP contribution in [-0.4, -0.2) is 23.5 Å². The Morgan fingerprint density at radius 1 is 1.12 bits per heavy atom. The predicted molar refractivity (Wildman–Crippen MR) is 127 cm³/mol. The lowest BCUT2D eigenvalue weighted by Crippen LogP contribution is -2.54. The highest BCUT2D eigenvalue weighted by molar-refractivity contribution is 5.21. The lowest BCUT2D eigenvalue weighted by atomic mass is 9.44. The minimum atomic E-state index is 0.488. The summed E-state index contributed by atoms with van der Waals surface area (Å²) in [6.45, 7) is 9.68. The Kier molecular flexibility index (Phi) is 5.94. The van der Waals surface area contributed by atoms with Crippen LogP contribution in [0.15, 0.2) is 12.4 Å². The second-order valence-corrected chi connectivity index (χ2v) is 12.5. The van der Waals surface area contributed by atoms with Crippen LogP contribution in [-0.2, 0) is 11.3 Å². The Labute approximate surface area is 195 Å². The van der Waals surface area contributed by atoms with E-state index in [4.69, 9.17) is 10.00 Å². The van der Waals surface area contributed by atoms with Crippen molar-refractivity contribution in [1.29, 1.82) is 5.26 Å². The Bertz CT molecular complexity index is 857. The summed E-state index contributed by atoms with van der Waals surface area (Å²) in [7, 11) is 1.87. The zero-order valence-corrected chi connectivity index (χ0v) is 20.7. The van der Waals surface area contributed by atoms with Gasteiger partial charge in [0.05, 0.1) is 11.8 Å². The second-order valence-electron chi connectivity index (χ2n) is 12.5. The van der Waals surface area contributed by atoms with Gasteiger partial charge in [-0.2, -0.15) is 10.4 Å². The van der Waals surface area contributed by atoms with E-state index in [-0.39, 0.29) is 0 Å². The first-order valence-electron chi connectivity index (χ1n) is 13.3. The molecule has 0 aromatic carbocycles. The lowest BCUT2D eigenvalue weighted by molar-refractivity contribution is -0.124. The fourth-order valence-electron chi connectivity index (χ4n) is 9.65. The van der Waals surface area contributed by atoms with Crippen molar-refractivity contribution in [3.63, 3.8) is 0 Å². The number of hydrogen-bond acceptors (Lipinski definition) is 3. The molecule has 0 bridgehead atoms. The van der Waals surface area contributed by atoms with E-state index in [1.54, 1.807) is 6.20 Å². The number of aromatic nitrogens is 2. The molecule has 0 N–H and O–H groups in total. The molecule has 0 aliphatic heterocycles. The van der Waals surface area contributed by atoms with Gasteiger partial charge in [0.15, 0.2) is 0 Å². The molecule has 4 nitrogen and oxygen atoms in total. The summed E-state index contributed by atoms with van der Waals surface area (Å²) in [5, 5.41) is 13.6. The Balaban J connectivity index is 1.30. The molecule has 1 heterocycles. The highest BCUT2D eigenvalue weighted by atomic mass is 16.5. The summed E-state index contributed by atoms with van der Waals surface area (Å²) < 4.78 is 7.54. The molecule has 32 heavy (non-hydrogen) atoms. The average molecular weight is 438 g/mol. The molecule has 0 radical (unpaired) electrons. The molecule has 5 rings (SSSR count). The highest BCUT2D eigenvalue weighted by Crippen LogP contribution is 2.68. The molecular formula is C28H43N3O. The molecule has 0 saturated heterocycles. The van der Waals surface area contributed by atoms with Crippen LogP contribution < -0.4 is 0 Å². The largest absolute Gasteiger partial charge is 0.384 e. The topological polar surface area (TPSA) is 50.8 Å². The summed E-state index contributed by atoms with van der Waals surface area (Å²) in [6.07, 6.45) is 16.4.